The number of anilines is 1. The van der Waals surface area contributed by atoms with Gasteiger partial charge in [-0.15, -0.1) is 0 Å². The average molecular weight is 175 g/mol. The second-order valence-corrected chi connectivity index (χ2v) is 3.77. The maximum absolute atomic E-state index is 2.49. The minimum Gasteiger partial charge on any atom is -0.371 e. The largest absolute Gasteiger partial charge is 0.371 e. The van der Waals surface area contributed by atoms with Crippen LogP contribution in [-0.2, 0) is 6.42 Å². The molecule has 1 aromatic carbocycles. The van der Waals surface area contributed by atoms with Crippen LogP contribution in [0.15, 0.2) is 18.2 Å². The van der Waals surface area contributed by atoms with Gasteiger partial charge in [-0.1, -0.05) is 18.2 Å². The molecule has 1 aromatic rings. The lowest BCUT2D eigenvalue weighted by Gasteiger charge is -2.31. The van der Waals surface area contributed by atoms with E-state index >= 15 is 0 Å². The summed E-state index contributed by atoms with van der Waals surface area (Å²) in [7, 11) is 0. The summed E-state index contributed by atoms with van der Waals surface area (Å²) in [5.74, 6) is 0. The van der Waals surface area contributed by atoms with Gasteiger partial charge in [-0.05, 0) is 37.8 Å². The molecule has 0 saturated heterocycles. The number of hydrogen-bond donors (Lipinski definition) is 0. The Labute approximate surface area is 80.4 Å². The Kier molecular flexibility index (Phi) is 2.26. The van der Waals surface area contributed by atoms with Crippen LogP contribution in [0.2, 0.25) is 0 Å². The third-order valence-corrected chi connectivity index (χ3v) is 2.89. The van der Waals surface area contributed by atoms with Gasteiger partial charge >= 0.3 is 0 Å². The Hall–Kier alpha value is -0.980. The van der Waals surface area contributed by atoms with E-state index in [1.807, 2.05) is 0 Å². The fraction of sp³-hybridized carbons (Fsp3) is 0.500. The average Bonchev–Trinajstić information content (AvgIpc) is 2.17. The van der Waals surface area contributed by atoms with Crippen LogP contribution in [0.25, 0.3) is 0 Å². The van der Waals surface area contributed by atoms with E-state index in [0.29, 0.717) is 0 Å². The third kappa shape index (κ3) is 1.43. The lowest BCUT2D eigenvalue weighted by atomic mass is 9.98. The number of nitrogens with zero attached hydrogens (tertiary/aromatic N) is 1. The lowest BCUT2D eigenvalue weighted by molar-refractivity contribution is 0.705. The summed E-state index contributed by atoms with van der Waals surface area (Å²) in [6, 6.07) is 6.66. The molecule has 0 aliphatic carbocycles. The zero-order valence-electron chi connectivity index (χ0n) is 8.51. The molecule has 1 nitrogen and oxygen atoms in total. The molecule has 0 radical (unpaired) electrons. The van der Waals surface area contributed by atoms with Crippen molar-refractivity contribution in [3.8, 4) is 0 Å². The molecule has 0 saturated carbocycles. The van der Waals surface area contributed by atoms with Crippen LogP contribution in [0, 0.1) is 6.92 Å². The van der Waals surface area contributed by atoms with E-state index in [9.17, 15) is 0 Å². The fourth-order valence-corrected chi connectivity index (χ4v) is 2.26. The SMILES string of the molecule is CCN1CCCc2cccc(C)c21. The number of rotatable bonds is 1. The predicted octanol–water partition coefficient (Wildman–Crippen LogP) is 2.77. The van der Waals surface area contributed by atoms with Crippen LogP contribution >= 0.6 is 0 Å². The predicted molar refractivity (Wildman–Crippen MR) is 57.4 cm³/mol. The van der Waals surface area contributed by atoms with Crippen LogP contribution in [0.4, 0.5) is 5.69 Å². The molecule has 0 spiro atoms. The maximum Gasteiger partial charge on any atom is 0.0428 e. The van der Waals surface area contributed by atoms with E-state index in [0.717, 1.165) is 6.54 Å². The molecule has 1 heterocycles. The van der Waals surface area contributed by atoms with Gasteiger partial charge in [0.1, 0.15) is 0 Å². The highest BCUT2D eigenvalue weighted by Gasteiger charge is 2.16. The van der Waals surface area contributed by atoms with Crippen molar-refractivity contribution >= 4 is 5.69 Å². The van der Waals surface area contributed by atoms with Gasteiger partial charge in [-0.25, -0.2) is 0 Å². The molecule has 1 heteroatoms. The fourth-order valence-electron chi connectivity index (χ4n) is 2.26. The van der Waals surface area contributed by atoms with E-state index in [1.165, 1.54) is 36.2 Å². The molecule has 13 heavy (non-hydrogen) atoms. The monoisotopic (exact) mass is 175 g/mol. The van der Waals surface area contributed by atoms with Crippen molar-refractivity contribution in [3.63, 3.8) is 0 Å². The van der Waals surface area contributed by atoms with Gasteiger partial charge in [0.2, 0.25) is 0 Å². The Morgan fingerprint density at radius 1 is 1.38 bits per heavy atom. The standard InChI is InChI=1S/C12H17N/c1-3-13-9-5-8-11-7-4-6-10(2)12(11)13/h4,6-7H,3,5,8-9H2,1-2H3. The molecular weight excluding hydrogens is 158 g/mol. The molecule has 1 aliphatic rings. The van der Waals surface area contributed by atoms with Gasteiger partial charge in [-0.2, -0.15) is 0 Å². The molecule has 0 fully saturated rings. The van der Waals surface area contributed by atoms with Crippen LogP contribution in [0.1, 0.15) is 24.5 Å². The van der Waals surface area contributed by atoms with Gasteiger partial charge in [-0.3, -0.25) is 0 Å². The van der Waals surface area contributed by atoms with E-state index in [4.69, 9.17) is 0 Å². The molecule has 1 aliphatic heterocycles. The highest BCUT2D eigenvalue weighted by atomic mass is 15.1. The zero-order chi connectivity index (χ0) is 9.26. The topological polar surface area (TPSA) is 3.24 Å². The summed E-state index contributed by atoms with van der Waals surface area (Å²) in [6.07, 6.45) is 2.57. The number of fused-ring (bicyclic) bond motifs is 1. The zero-order valence-corrected chi connectivity index (χ0v) is 8.51. The van der Waals surface area contributed by atoms with Gasteiger partial charge in [0.25, 0.3) is 0 Å². The van der Waals surface area contributed by atoms with Crippen molar-refractivity contribution in [1.29, 1.82) is 0 Å². The van der Waals surface area contributed by atoms with Gasteiger partial charge < -0.3 is 4.90 Å². The first-order chi connectivity index (χ1) is 6.33. The van der Waals surface area contributed by atoms with E-state index in [2.05, 4.69) is 36.9 Å². The molecule has 0 bridgehead atoms. The Bertz CT molecular complexity index is 304. The quantitative estimate of drug-likeness (QED) is 0.634. The molecule has 0 aromatic heterocycles. The third-order valence-electron chi connectivity index (χ3n) is 2.89. The van der Waals surface area contributed by atoms with Gasteiger partial charge in [0.05, 0.1) is 0 Å². The Balaban J connectivity index is 2.47. The smallest absolute Gasteiger partial charge is 0.0428 e. The van der Waals surface area contributed by atoms with Crippen molar-refractivity contribution in [2.45, 2.75) is 26.7 Å². The van der Waals surface area contributed by atoms with Crippen LogP contribution in [0.5, 0.6) is 0 Å². The molecule has 0 amide bonds. The number of aryl methyl sites for hydroxylation is 2. The van der Waals surface area contributed by atoms with Crippen molar-refractivity contribution < 1.29 is 0 Å². The number of para-hydroxylation sites is 1. The number of benzene rings is 1. The Morgan fingerprint density at radius 3 is 3.00 bits per heavy atom. The first-order valence-electron chi connectivity index (χ1n) is 5.16. The molecule has 0 unspecified atom stereocenters. The Morgan fingerprint density at radius 2 is 2.23 bits per heavy atom. The highest BCUT2D eigenvalue weighted by Crippen LogP contribution is 2.29. The minimum atomic E-state index is 1.14. The van der Waals surface area contributed by atoms with Crippen LogP contribution < -0.4 is 4.90 Å². The number of hydrogen-bond acceptors (Lipinski definition) is 1. The van der Waals surface area contributed by atoms with Crippen molar-refractivity contribution in [1.82, 2.24) is 0 Å². The first kappa shape index (κ1) is 8.61. The molecular formula is C12H17N. The summed E-state index contributed by atoms with van der Waals surface area (Å²) >= 11 is 0. The summed E-state index contributed by atoms with van der Waals surface area (Å²) in [5.41, 5.74) is 4.46. The van der Waals surface area contributed by atoms with Crippen LogP contribution in [-0.4, -0.2) is 13.1 Å². The summed E-state index contributed by atoms with van der Waals surface area (Å²) in [6.45, 7) is 6.82. The van der Waals surface area contributed by atoms with E-state index in [-0.39, 0.29) is 0 Å². The van der Waals surface area contributed by atoms with E-state index < -0.39 is 0 Å². The summed E-state index contributed by atoms with van der Waals surface area (Å²) in [5, 5.41) is 0. The van der Waals surface area contributed by atoms with Gasteiger partial charge in [0, 0.05) is 18.8 Å². The maximum atomic E-state index is 2.49. The highest BCUT2D eigenvalue weighted by molar-refractivity contribution is 5.60. The lowest BCUT2D eigenvalue weighted by Crippen LogP contribution is -2.29. The van der Waals surface area contributed by atoms with Crippen molar-refractivity contribution in [2.24, 2.45) is 0 Å². The van der Waals surface area contributed by atoms with Crippen molar-refractivity contribution in [2.75, 3.05) is 18.0 Å². The van der Waals surface area contributed by atoms with Crippen molar-refractivity contribution in [3.05, 3.63) is 29.3 Å². The normalized spacial score (nSPS) is 15.7. The van der Waals surface area contributed by atoms with Crippen LogP contribution in [0.3, 0.4) is 0 Å². The second-order valence-electron chi connectivity index (χ2n) is 3.77. The molecule has 0 atom stereocenters. The first-order valence-corrected chi connectivity index (χ1v) is 5.16. The minimum absolute atomic E-state index is 1.14. The van der Waals surface area contributed by atoms with Gasteiger partial charge in [0.15, 0.2) is 0 Å². The van der Waals surface area contributed by atoms with E-state index in [1.54, 1.807) is 0 Å². The molecule has 2 rings (SSSR count). The molecule has 70 valence electrons. The summed E-state index contributed by atoms with van der Waals surface area (Å²) < 4.78 is 0. The molecule has 0 N–H and O–H groups in total. The summed E-state index contributed by atoms with van der Waals surface area (Å²) in [4.78, 5) is 2.49. The second kappa shape index (κ2) is 3.41.